The van der Waals surface area contributed by atoms with Crippen LogP contribution in [0.4, 0.5) is 5.95 Å². The van der Waals surface area contributed by atoms with Crippen molar-refractivity contribution in [2.75, 3.05) is 38.8 Å². The SMILES string of the molecule is COc1nc(OC)nc(N2CCC(COc3ccnc(C)c3)CC2)n1. The van der Waals surface area contributed by atoms with Crippen molar-refractivity contribution in [3.8, 4) is 17.8 Å². The summed E-state index contributed by atoms with van der Waals surface area (Å²) in [4.78, 5) is 19.0. The molecule has 8 heteroatoms. The second-order valence-corrected chi connectivity index (χ2v) is 5.98. The van der Waals surface area contributed by atoms with Gasteiger partial charge in [0, 0.05) is 31.0 Å². The van der Waals surface area contributed by atoms with E-state index in [-0.39, 0.29) is 12.0 Å². The number of anilines is 1. The van der Waals surface area contributed by atoms with Crippen LogP contribution in [0.2, 0.25) is 0 Å². The smallest absolute Gasteiger partial charge is 0.324 e. The lowest BCUT2D eigenvalue weighted by molar-refractivity contribution is 0.222. The van der Waals surface area contributed by atoms with E-state index in [9.17, 15) is 0 Å². The first-order valence-corrected chi connectivity index (χ1v) is 8.32. The molecule has 3 rings (SSSR count). The van der Waals surface area contributed by atoms with Crippen LogP contribution in [0, 0.1) is 12.8 Å². The van der Waals surface area contributed by atoms with Crippen LogP contribution >= 0.6 is 0 Å². The summed E-state index contributed by atoms with van der Waals surface area (Å²) in [6.07, 6.45) is 3.80. The lowest BCUT2D eigenvalue weighted by Gasteiger charge is -2.31. The average Bonchev–Trinajstić information content (AvgIpc) is 2.66. The van der Waals surface area contributed by atoms with Crippen LogP contribution in [0.1, 0.15) is 18.5 Å². The Morgan fingerprint density at radius 1 is 1.08 bits per heavy atom. The van der Waals surface area contributed by atoms with E-state index < -0.39 is 0 Å². The van der Waals surface area contributed by atoms with Gasteiger partial charge in [0.15, 0.2) is 0 Å². The van der Waals surface area contributed by atoms with Crippen LogP contribution in [0.15, 0.2) is 18.3 Å². The van der Waals surface area contributed by atoms with Crippen molar-refractivity contribution >= 4 is 5.95 Å². The summed E-state index contributed by atoms with van der Waals surface area (Å²) in [5, 5.41) is 0. The molecule has 25 heavy (non-hydrogen) atoms. The molecule has 134 valence electrons. The monoisotopic (exact) mass is 345 g/mol. The molecular weight excluding hydrogens is 322 g/mol. The van der Waals surface area contributed by atoms with Gasteiger partial charge in [0.05, 0.1) is 20.8 Å². The van der Waals surface area contributed by atoms with Gasteiger partial charge in [-0.05, 0) is 31.7 Å². The van der Waals surface area contributed by atoms with Gasteiger partial charge in [0.25, 0.3) is 0 Å². The van der Waals surface area contributed by atoms with Crippen LogP contribution in [0.3, 0.4) is 0 Å². The molecule has 0 aliphatic carbocycles. The standard InChI is InChI=1S/C17H23N5O3/c1-12-10-14(4-7-18-12)25-11-13-5-8-22(9-6-13)15-19-16(23-2)21-17(20-15)24-3/h4,7,10,13H,5-6,8-9,11H2,1-3H3. The van der Waals surface area contributed by atoms with Crippen molar-refractivity contribution in [2.24, 2.45) is 5.92 Å². The summed E-state index contributed by atoms with van der Waals surface area (Å²) < 4.78 is 16.1. The fraction of sp³-hybridized carbons (Fsp3) is 0.529. The summed E-state index contributed by atoms with van der Waals surface area (Å²) in [7, 11) is 3.06. The van der Waals surface area contributed by atoms with Crippen molar-refractivity contribution in [3.63, 3.8) is 0 Å². The minimum Gasteiger partial charge on any atom is -0.493 e. The molecular formula is C17H23N5O3. The van der Waals surface area contributed by atoms with E-state index >= 15 is 0 Å². The predicted octanol–water partition coefficient (Wildman–Crippen LogP) is 1.89. The first kappa shape index (κ1) is 17.2. The molecule has 2 aromatic heterocycles. The number of hydrogen-bond donors (Lipinski definition) is 0. The molecule has 1 aliphatic heterocycles. The topological polar surface area (TPSA) is 82.5 Å². The van der Waals surface area contributed by atoms with Crippen LogP contribution in [-0.4, -0.2) is 53.9 Å². The van der Waals surface area contributed by atoms with Gasteiger partial charge < -0.3 is 19.1 Å². The molecule has 0 unspecified atom stereocenters. The van der Waals surface area contributed by atoms with Crippen LogP contribution in [-0.2, 0) is 0 Å². The van der Waals surface area contributed by atoms with Crippen molar-refractivity contribution in [2.45, 2.75) is 19.8 Å². The molecule has 8 nitrogen and oxygen atoms in total. The first-order chi connectivity index (χ1) is 12.2. The normalized spacial score (nSPS) is 15.1. The van der Waals surface area contributed by atoms with Gasteiger partial charge in [0.1, 0.15) is 5.75 Å². The molecule has 0 spiro atoms. The lowest BCUT2D eigenvalue weighted by Crippen LogP contribution is -2.36. The second kappa shape index (κ2) is 7.96. The quantitative estimate of drug-likeness (QED) is 0.785. The summed E-state index contributed by atoms with van der Waals surface area (Å²) in [5.41, 5.74) is 0.963. The molecule has 2 aromatic rings. The van der Waals surface area contributed by atoms with Crippen molar-refractivity contribution in [3.05, 3.63) is 24.0 Å². The second-order valence-electron chi connectivity index (χ2n) is 5.98. The summed E-state index contributed by atoms with van der Waals surface area (Å²) in [6.45, 7) is 4.39. The number of methoxy groups -OCH3 is 2. The molecule has 1 saturated heterocycles. The molecule has 0 saturated carbocycles. The maximum Gasteiger partial charge on any atom is 0.324 e. The Balaban J connectivity index is 1.55. The number of pyridine rings is 1. The van der Waals surface area contributed by atoms with Gasteiger partial charge in [-0.2, -0.15) is 9.97 Å². The Labute approximate surface area is 147 Å². The largest absolute Gasteiger partial charge is 0.493 e. The maximum absolute atomic E-state index is 5.90. The molecule has 0 bridgehead atoms. The lowest BCUT2D eigenvalue weighted by atomic mass is 9.98. The highest BCUT2D eigenvalue weighted by atomic mass is 16.5. The number of aryl methyl sites for hydroxylation is 1. The highest BCUT2D eigenvalue weighted by molar-refractivity contribution is 5.32. The fourth-order valence-corrected chi connectivity index (χ4v) is 2.77. The molecule has 0 atom stereocenters. The number of rotatable bonds is 6. The number of aromatic nitrogens is 4. The minimum atomic E-state index is 0.264. The number of nitrogens with zero attached hydrogens (tertiary/aromatic N) is 5. The number of ether oxygens (including phenoxy) is 3. The Kier molecular flexibility index (Phi) is 5.47. The molecule has 0 amide bonds. The van der Waals surface area contributed by atoms with Crippen molar-refractivity contribution in [1.29, 1.82) is 0 Å². The zero-order valence-corrected chi connectivity index (χ0v) is 14.8. The predicted molar refractivity (Wildman–Crippen MR) is 92.3 cm³/mol. The Hall–Kier alpha value is -2.64. The fourth-order valence-electron chi connectivity index (χ4n) is 2.77. The highest BCUT2D eigenvalue weighted by Crippen LogP contribution is 2.24. The van der Waals surface area contributed by atoms with E-state index in [0.29, 0.717) is 18.5 Å². The first-order valence-electron chi connectivity index (χ1n) is 8.32. The van der Waals surface area contributed by atoms with E-state index in [1.807, 2.05) is 19.1 Å². The Morgan fingerprint density at radius 3 is 2.36 bits per heavy atom. The molecule has 1 aliphatic rings. The number of piperidine rings is 1. The number of hydrogen-bond acceptors (Lipinski definition) is 8. The molecule has 3 heterocycles. The third-order valence-corrected chi connectivity index (χ3v) is 4.20. The van der Waals surface area contributed by atoms with Crippen LogP contribution < -0.4 is 19.1 Å². The molecule has 0 N–H and O–H groups in total. The zero-order valence-electron chi connectivity index (χ0n) is 14.8. The van der Waals surface area contributed by atoms with Crippen LogP contribution in [0.5, 0.6) is 17.8 Å². The van der Waals surface area contributed by atoms with E-state index in [1.165, 1.54) is 14.2 Å². The van der Waals surface area contributed by atoms with E-state index in [0.717, 1.165) is 37.4 Å². The van der Waals surface area contributed by atoms with Gasteiger partial charge in [0.2, 0.25) is 5.95 Å². The van der Waals surface area contributed by atoms with Gasteiger partial charge in [-0.1, -0.05) is 0 Å². The zero-order chi connectivity index (χ0) is 17.6. The Bertz CT molecular complexity index is 682. The highest BCUT2D eigenvalue weighted by Gasteiger charge is 2.23. The molecule has 1 fully saturated rings. The maximum atomic E-state index is 5.90. The Morgan fingerprint density at radius 2 is 1.76 bits per heavy atom. The van der Waals surface area contributed by atoms with Crippen LogP contribution in [0.25, 0.3) is 0 Å². The van der Waals surface area contributed by atoms with E-state index in [4.69, 9.17) is 14.2 Å². The van der Waals surface area contributed by atoms with Gasteiger partial charge in [-0.15, -0.1) is 4.98 Å². The van der Waals surface area contributed by atoms with Gasteiger partial charge >= 0.3 is 12.0 Å². The third-order valence-electron chi connectivity index (χ3n) is 4.20. The summed E-state index contributed by atoms with van der Waals surface area (Å²) >= 11 is 0. The van der Waals surface area contributed by atoms with Gasteiger partial charge in [-0.3, -0.25) is 4.98 Å². The van der Waals surface area contributed by atoms with Gasteiger partial charge in [-0.25, -0.2) is 0 Å². The summed E-state index contributed by atoms with van der Waals surface area (Å²) in [6, 6.07) is 4.38. The summed E-state index contributed by atoms with van der Waals surface area (Å²) in [5.74, 6) is 1.98. The van der Waals surface area contributed by atoms with Crippen molar-refractivity contribution in [1.82, 2.24) is 19.9 Å². The van der Waals surface area contributed by atoms with E-state index in [2.05, 4.69) is 24.8 Å². The third kappa shape index (κ3) is 4.46. The molecule has 0 radical (unpaired) electrons. The minimum absolute atomic E-state index is 0.264. The van der Waals surface area contributed by atoms with E-state index in [1.54, 1.807) is 6.20 Å². The van der Waals surface area contributed by atoms with Crippen molar-refractivity contribution < 1.29 is 14.2 Å². The average molecular weight is 345 g/mol. The molecule has 0 aromatic carbocycles.